The summed E-state index contributed by atoms with van der Waals surface area (Å²) in [6.45, 7) is 1.74. The van der Waals surface area contributed by atoms with E-state index in [4.69, 9.17) is 5.11 Å². The van der Waals surface area contributed by atoms with E-state index in [1.807, 2.05) is 0 Å². The van der Waals surface area contributed by atoms with E-state index in [9.17, 15) is 9.59 Å². The smallest absolute Gasteiger partial charge is 0.336 e. The third-order valence-electron chi connectivity index (χ3n) is 3.23. The van der Waals surface area contributed by atoms with Crippen LogP contribution in [0, 0.1) is 12.8 Å². The Kier molecular flexibility index (Phi) is 3.65. The molecule has 1 aromatic rings. The number of anilines is 1. The second-order valence-electron chi connectivity index (χ2n) is 4.87. The number of amides is 1. The van der Waals surface area contributed by atoms with E-state index >= 15 is 0 Å². The van der Waals surface area contributed by atoms with Crippen molar-refractivity contribution in [2.24, 2.45) is 5.92 Å². The standard InChI is InChI=1S/C14H17NO3/c1-9-2-6-11(8-12(9)14(17)18)15-13(16)7-5-10-3-4-10/h2,6,8,10H,3-5,7H2,1H3,(H,15,16)(H,17,18). The topological polar surface area (TPSA) is 66.4 Å². The molecule has 0 aromatic heterocycles. The minimum absolute atomic E-state index is 0.0397. The molecule has 1 fully saturated rings. The monoisotopic (exact) mass is 247 g/mol. The Labute approximate surface area is 106 Å². The summed E-state index contributed by atoms with van der Waals surface area (Å²) in [6, 6.07) is 4.95. The third kappa shape index (κ3) is 3.32. The maximum absolute atomic E-state index is 11.7. The Morgan fingerprint density at radius 3 is 2.72 bits per heavy atom. The van der Waals surface area contributed by atoms with Crippen LogP contribution in [0.25, 0.3) is 0 Å². The number of carboxylic acid groups (broad SMARTS) is 1. The van der Waals surface area contributed by atoms with Gasteiger partial charge < -0.3 is 10.4 Å². The molecule has 4 nitrogen and oxygen atoms in total. The van der Waals surface area contributed by atoms with Crippen molar-refractivity contribution >= 4 is 17.6 Å². The fourth-order valence-electron chi connectivity index (χ4n) is 1.90. The van der Waals surface area contributed by atoms with E-state index in [0.29, 0.717) is 17.7 Å². The van der Waals surface area contributed by atoms with E-state index in [-0.39, 0.29) is 11.5 Å². The predicted octanol–water partition coefficient (Wildman–Crippen LogP) is 2.82. The number of aromatic carboxylic acids is 1. The molecule has 2 N–H and O–H groups in total. The zero-order valence-electron chi connectivity index (χ0n) is 10.4. The summed E-state index contributed by atoms with van der Waals surface area (Å²) in [5.74, 6) is -0.285. The SMILES string of the molecule is Cc1ccc(NC(=O)CCC2CC2)cc1C(=O)O. The fourth-order valence-corrected chi connectivity index (χ4v) is 1.90. The summed E-state index contributed by atoms with van der Waals surface area (Å²) >= 11 is 0. The van der Waals surface area contributed by atoms with Crippen molar-refractivity contribution in [1.82, 2.24) is 0 Å². The molecular formula is C14H17NO3. The molecule has 0 heterocycles. The first-order valence-corrected chi connectivity index (χ1v) is 6.20. The van der Waals surface area contributed by atoms with Gasteiger partial charge in [0.05, 0.1) is 5.56 Å². The van der Waals surface area contributed by atoms with Gasteiger partial charge >= 0.3 is 5.97 Å². The van der Waals surface area contributed by atoms with E-state index in [1.54, 1.807) is 19.1 Å². The number of aryl methyl sites for hydroxylation is 1. The lowest BCUT2D eigenvalue weighted by molar-refractivity contribution is -0.116. The first-order chi connectivity index (χ1) is 8.56. The van der Waals surface area contributed by atoms with Crippen molar-refractivity contribution < 1.29 is 14.7 Å². The molecule has 1 aliphatic carbocycles. The summed E-state index contributed by atoms with van der Waals surface area (Å²) in [7, 11) is 0. The molecule has 18 heavy (non-hydrogen) atoms. The van der Waals surface area contributed by atoms with Gasteiger partial charge in [0.25, 0.3) is 0 Å². The van der Waals surface area contributed by atoms with Crippen LogP contribution >= 0.6 is 0 Å². The average molecular weight is 247 g/mol. The highest BCUT2D eigenvalue weighted by atomic mass is 16.4. The van der Waals surface area contributed by atoms with Crippen molar-refractivity contribution in [3.8, 4) is 0 Å². The van der Waals surface area contributed by atoms with Crippen LogP contribution in [0.4, 0.5) is 5.69 Å². The number of hydrogen-bond donors (Lipinski definition) is 2. The van der Waals surface area contributed by atoms with Crippen LogP contribution in [-0.4, -0.2) is 17.0 Å². The Morgan fingerprint density at radius 1 is 1.39 bits per heavy atom. The maximum Gasteiger partial charge on any atom is 0.336 e. The Hall–Kier alpha value is -1.84. The van der Waals surface area contributed by atoms with Crippen LogP contribution in [0.1, 0.15) is 41.6 Å². The number of carbonyl (C=O) groups excluding carboxylic acids is 1. The minimum atomic E-state index is -0.971. The molecule has 0 unspecified atom stereocenters. The Balaban J connectivity index is 1.97. The summed E-state index contributed by atoms with van der Waals surface area (Å²) in [4.78, 5) is 22.6. The summed E-state index contributed by atoms with van der Waals surface area (Å²) < 4.78 is 0. The normalized spacial score (nSPS) is 14.3. The Morgan fingerprint density at radius 2 is 2.11 bits per heavy atom. The number of benzene rings is 1. The van der Waals surface area contributed by atoms with Gasteiger partial charge in [0.2, 0.25) is 5.91 Å². The van der Waals surface area contributed by atoms with Crippen molar-refractivity contribution in [2.75, 3.05) is 5.32 Å². The number of carbonyl (C=O) groups is 2. The summed E-state index contributed by atoms with van der Waals surface area (Å²) in [5.41, 5.74) is 1.48. The van der Waals surface area contributed by atoms with Crippen LogP contribution in [-0.2, 0) is 4.79 Å². The van der Waals surface area contributed by atoms with E-state index in [2.05, 4.69) is 5.32 Å². The van der Waals surface area contributed by atoms with Gasteiger partial charge in [0.1, 0.15) is 0 Å². The number of nitrogens with one attached hydrogen (secondary N) is 1. The molecule has 2 rings (SSSR count). The van der Waals surface area contributed by atoms with Crippen molar-refractivity contribution in [2.45, 2.75) is 32.6 Å². The molecule has 1 aliphatic rings. The van der Waals surface area contributed by atoms with Crippen LogP contribution in [0.5, 0.6) is 0 Å². The summed E-state index contributed by atoms with van der Waals surface area (Å²) in [5, 5.41) is 11.7. The molecule has 0 saturated heterocycles. The van der Waals surface area contributed by atoms with Gasteiger partial charge in [0, 0.05) is 12.1 Å². The molecule has 1 aromatic carbocycles. The van der Waals surface area contributed by atoms with Gasteiger partial charge in [-0.25, -0.2) is 4.79 Å². The number of carboxylic acids is 1. The zero-order chi connectivity index (χ0) is 13.1. The largest absolute Gasteiger partial charge is 0.478 e. The van der Waals surface area contributed by atoms with Crippen LogP contribution in [0.15, 0.2) is 18.2 Å². The molecular weight excluding hydrogens is 230 g/mol. The number of hydrogen-bond acceptors (Lipinski definition) is 2. The zero-order valence-corrected chi connectivity index (χ0v) is 10.4. The van der Waals surface area contributed by atoms with Crippen LogP contribution in [0.3, 0.4) is 0 Å². The highest BCUT2D eigenvalue weighted by Gasteiger charge is 2.21. The highest BCUT2D eigenvalue weighted by Crippen LogP contribution is 2.33. The third-order valence-corrected chi connectivity index (χ3v) is 3.23. The maximum atomic E-state index is 11.7. The van der Waals surface area contributed by atoms with Gasteiger partial charge in [0.15, 0.2) is 0 Å². The van der Waals surface area contributed by atoms with Crippen molar-refractivity contribution in [3.05, 3.63) is 29.3 Å². The van der Waals surface area contributed by atoms with E-state index in [1.165, 1.54) is 18.9 Å². The van der Waals surface area contributed by atoms with Crippen molar-refractivity contribution in [1.29, 1.82) is 0 Å². The molecule has 0 radical (unpaired) electrons. The molecule has 0 aliphatic heterocycles. The van der Waals surface area contributed by atoms with Gasteiger partial charge in [-0.2, -0.15) is 0 Å². The lowest BCUT2D eigenvalue weighted by Crippen LogP contribution is -2.12. The molecule has 1 saturated carbocycles. The van der Waals surface area contributed by atoms with Crippen molar-refractivity contribution in [3.63, 3.8) is 0 Å². The number of rotatable bonds is 5. The van der Waals surface area contributed by atoms with Gasteiger partial charge in [-0.3, -0.25) is 4.79 Å². The van der Waals surface area contributed by atoms with Gasteiger partial charge in [-0.15, -0.1) is 0 Å². The first kappa shape index (κ1) is 12.6. The van der Waals surface area contributed by atoms with Gasteiger partial charge in [-0.05, 0) is 37.0 Å². The molecule has 0 bridgehead atoms. The lowest BCUT2D eigenvalue weighted by Gasteiger charge is -2.07. The molecule has 0 spiro atoms. The lowest BCUT2D eigenvalue weighted by atomic mass is 10.1. The minimum Gasteiger partial charge on any atom is -0.478 e. The molecule has 96 valence electrons. The van der Waals surface area contributed by atoms with E-state index < -0.39 is 5.97 Å². The van der Waals surface area contributed by atoms with Crippen LogP contribution in [0.2, 0.25) is 0 Å². The van der Waals surface area contributed by atoms with Gasteiger partial charge in [-0.1, -0.05) is 18.9 Å². The second kappa shape index (κ2) is 5.21. The first-order valence-electron chi connectivity index (χ1n) is 6.20. The van der Waals surface area contributed by atoms with Crippen LogP contribution < -0.4 is 5.32 Å². The molecule has 0 atom stereocenters. The fraction of sp³-hybridized carbons (Fsp3) is 0.429. The van der Waals surface area contributed by atoms with E-state index in [0.717, 1.165) is 12.3 Å². The second-order valence-corrected chi connectivity index (χ2v) is 4.87. The Bertz CT molecular complexity index is 478. The average Bonchev–Trinajstić information content (AvgIpc) is 3.12. The summed E-state index contributed by atoms with van der Waals surface area (Å²) in [6.07, 6.45) is 3.92. The molecule has 4 heteroatoms. The predicted molar refractivity (Wildman–Crippen MR) is 68.7 cm³/mol. The molecule has 1 amide bonds. The highest BCUT2D eigenvalue weighted by molar-refractivity contribution is 5.94. The quantitative estimate of drug-likeness (QED) is 0.840.